The third kappa shape index (κ3) is 1.41. The van der Waals surface area contributed by atoms with Gasteiger partial charge in [0.15, 0.2) is 17.2 Å². The number of aldehydes is 1. The maximum Gasteiger partial charge on any atom is 0.228 e. The van der Waals surface area contributed by atoms with Gasteiger partial charge in [0.25, 0.3) is 0 Å². The highest BCUT2D eigenvalue weighted by atomic mass is 35.5. The van der Waals surface area contributed by atoms with Crippen LogP contribution in [0.1, 0.15) is 10.6 Å². The number of furan rings is 1. The van der Waals surface area contributed by atoms with E-state index < -0.39 is 0 Å². The number of carbonyl (C=O) groups is 1. The van der Waals surface area contributed by atoms with E-state index in [9.17, 15) is 4.79 Å². The summed E-state index contributed by atoms with van der Waals surface area (Å²) in [5.74, 6) is 0.209. The minimum absolute atomic E-state index is 0.168. The first-order valence-corrected chi connectivity index (χ1v) is 4.17. The second-order valence-corrected chi connectivity index (χ2v) is 3.19. The predicted molar refractivity (Wildman–Crippen MR) is 49.4 cm³/mol. The summed E-state index contributed by atoms with van der Waals surface area (Å²) in [4.78, 5) is 14.2. The van der Waals surface area contributed by atoms with E-state index in [-0.39, 0.29) is 10.9 Å². The highest BCUT2D eigenvalue weighted by Crippen LogP contribution is 2.26. The van der Waals surface area contributed by atoms with Crippen LogP contribution in [0.2, 0.25) is 10.2 Å². The predicted octanol–water partition coefficient (Wildman–Crippen LogP) is 2.95. The normalized spacial score (nSPS) is 10.6. The van der Waals surface area contributed by atoms with Crippen molar-refractivity contribution >= 4 is 40.6 Å². The van der Waals surface area contributed by atoms with Crippen LogP contribution in [0, 0.1) is 0 Å². The van der Waals surface area contributed by atoms with Gasteiger partial charge in [-0.25, -0.2) is 0 Å². The van der Waals surface area contributed by atoms with Crippen molar-refractivity contribution in [3.63, 3.8) is 0 Å². The van der Waals surface area contributed by atoms with Gasteiger partial charge in [0.05, 0.1) is 5.02 Å². The lowest BCUT2D eigenvalue weighted by atomic mass is 10.3. The standard InChI is InChI=1S/C8H3Cl2NO2/c9-6-2-4-1-5(3-12)13-8(4)11-7(6)10/h1-3H. The van der Waals surface area contributed by atoms with E-state index in [2.05, 4.69) is 4.98 Å². The van der Waals surface area contributed by atoms with Crippen molar-refractivity contribution in [1.29, 1.82) is 0 Å². The monoisotopic (exact) mass is 215 g/mol. The van der Waals surface area contributed by atoms with Crippen molar-refractivity contribution in [3.8, 4) is 0 Å². The van der Waals surface area contributed by atoms with Crippen molar-refractivity contribution in [1.82, 2.24) is 4.98 Å². The zero-order chi connectivity index (χ0) is 9.42. The fourth-order valence-electron chi connectivity index (χ4n) is 1.00. The highest BCUT2D eigenvalue weighted by molar-refractivity contribution is 6.41. The van der Waals surface area contributed by atoms with Gasteiger partial charge in [0, 0.05) is 5.39 Å². The average Bonchev–Trinajstić information content (AvgIpc) is 2.48. The van der Waals surface area contributed by atoms with Gasteiger partial charge < -0.3 is 4.42 Å². The first-order chi connectivity index (χ1) is 6.20. The molecular weight excluding hydrogens is 213 g/mol. The van der Waals surface area contributed by atoms with Gasteiger partial charge in [-0.05, 0) is 12.1 Å². The molecule has 0 radical (unpaired) electrons. The SMILES string of the molecule is O=Cc1cc2cc(Cl)c(Cl)nc2o1. The molecule has 0 saturated heterocycles. The highest BCUT2D eigenvalue weighted by Gasteiger charge is 2.07. The molecule has 0 unspecified atom stereocenters. The number of halogens is 2. The quantitative estimate of drug-likeness (QED) is 0.543. The molecule has 0 aromatic carbocycles. The molecule has 0 atom stereocenters. The molecule has 0 amide bonds. The molecule has 66 valence electrons. The summed E-state index contributed by atoms with van der Waals surface area (Å²) in [6.45, 7) is 0. The molecule has 0 N–H and O–H groups in total. The smallest absolute Gasteiger partial charge is 0.228 e. The topological polar surface area (TPSA) is 43.1 Å². The maximum absolute atomic E-state index is 10.4. The minimum Gasteiger partial charge on any atom is -0.435 e. The molecule has 3 nitrogen and oxygen atoms in total. The molecule has 0 aliphatic carbocycles. The second-order valence-electron chi connectivity index (χ2n) is 2.42. The van der Waals surface area contributed by atoms with Crippen LogP contribution >= 0.6 is 23.2 Å². The Bertz CT molecular complexity index is 439. The summed E-state index contributed by atoms with van der Waals surface area (Å²) < 4.78 is 5.03. The Balaban J connectivity index is 2.77. The number of pyridine rings is 1. The average molecular weight is 216 g/mol. The molecule has 0 bridgehead atoms. The second kappa shape index (κ2) is 3.01. The molecule has 2 heterocycles. The molecule has 5 heteroatoms. The van der Waals surface area contributed by atoms with Crippen LogP contribution < -0.4 is 0 Å². The van der Waals surface area contributed by atoms with Crippen molar-refractivity contribution in [2.24, 2.45) is 0 Å². The van der Waals surface area contributed by atoms with Gasteiger partial charge in [-0.15, -0.1) is 0 Å². The molecule has 13 heavy (non-hydrogen) atoms. The maximum atomic E-state index is 10.4. The van der Waals surface area contributed by atoms with Crippen LogP contribution in [0.4, 0.5) is 0 Å². The zero-order valence-corrected chi connectivity index (χ0v) is 7.76. The Kier molecular flexibility index (Phi) is 1.98. The number of hydrogen-bond donors (Lipinski definition) is 0. The summed E-state index contributed by atoms with van der Waals surface area (Å²) in [6.07, 6.45) is 0.601. The molecular formula is C8H3Cl2NO2. The summed E-state index contributed by atoms with van der Waals surface area (Å²) in [5.41, 5.74) is 0.316. The van der Waals surface area contributed by atoms with Crippen LogP contribution in [0.25, 0.3) is 11.1 Å². The van der Waals surface area contributed by atoms with Crippen LogP contribution in [-0.4, -0.2) is 11.3 Å². The third-order valence-electron chi connectivity index (χ3n) is 1.55. The lowest BCUT2D eigenvalue weighted by Crippen LogP contribution is -1.75. The van der Waals surface area contributed by atoms with Gasteiger partial charge in [-0.3, -0.25) is 4.79 Å². The van der Waals surface area contributed by atoms with E-state index in [0.29, 0.717) is 22.4 Å². The lowest BCUT2D eigenvalue weighted by molar-refractivity contribution is 0.110. The molecule has 0 fully saturated rings. The van der Waals surface area contributed by atoms with Crippen LogP contribution in [-0.2, 0) is 0 Å². The number of nitrogens with zero attached hydrogens (tertiary/aromatic N) is 1. The van der Waals surface area contributed by atoms with E-state index >= 15 is 0 Å². The molecule has 0 aliphatic heterocycles. The van der Waals surface area contributed by atoms with Gasteiger partial charge in [0.2, 0.25) is 5.71 Å². The molecule has 0 spiro atoms. The summed E-state index contributed by atoms with van der Waals surface area (Å²) in [6, 6.07) is 3.15. The zero-order valence-electron chi connectivity index (χ0n) is 6.25. The summed E-state index contributed by atoms with van der Waals surface area (Å²) in [5, 5.41) is 1.17. The number of hydrogen-bond acceptors (Lipinski definition) is 3. The Labute approximate surface area is 83.3 Å². The molecule has 0 aliphatic rings. The van der Waals surface area contributed by atoms with Gasteiger partial charge >= 0.3 is 0 Å². The summed E-state index contributed by atoms with van der Waals surface area (Å²) in [7, 11) is 0. The number of rotatable bonds is 1. The van der Waals surface area contributed by atoms with E-state index in [1.54, 1.807) is 12.1 Å². The van der Waals surface area contributed by atoms with E-state index in [1.165, 1.54) is 0 Å². The van der Waals surface area contributed by atoms with Crippen LogP contribution in [0.5, 0.6) is 0 Å². The van der Waals surface area contributed by atoms with Crippen LogP contribution in [0.3, 0.4) is 0 Å². The van der Waals surface area contributed by atoms with Crippen molar-refractivity contribution in [3.05, 3.63) is 28.1 Å². The first kappa shape index (κ1) is 8.53. The van der Waals surface area contributed by atoms with Crippen molar-refractivity contribution < 1.29 is 9.21 Å². The Morgan fingerprint density at radius 1 is 1.38 bits per heavy atom. The van der Waals surface area contributed by atoms with Gasteiger partial charge in [0.1, 0.15) is 0 Å². The van der Waals surface area contributed by atoms with Gasteiger partial charge in [-0.1, -0.05) is 23.2 Å². The Morgan fingerprint density at radius 3 is 2.85 bits per heavy atom. The first-order valence-electron chi connectivity index (χ1n) is 3.41. The summed E-state index contributed by atoms with van der Waals surface area (Å²) >= 11 is 11.4. The van der Waals surface area contributed by atoms with Crippen molar-refractivity contribution in [2.75, 3.05) is 0 Å². The Hall–Kier alpha value is -1.06. The minimum atomic E-state index is 0.168. The van der Waals surface area contributed by atoms with Gasteiger partial charge in [-0.2, -0.15) is 4.98 Å². The number of fused-ring (bicyclic) bond motifs is 1. The number of aromatic nitrogens is 1. The van der Waals surface area contributed by atoms with E-state index in [4.69, 9.17) is 27.6 Å². The molecule has 2 aromatic heterocycles. The van der Waals surface area contributed by atoms with E-state index in [0.717, 1.165) is 0 Å². The molecule has 2 aromatic rings. The number of carbonyl (C=O) groups excluding carboxylic acids is 1. The van der Waals surface area contributed by atoms with E-state index in [1.807, 2.05) is 0 Å². The Morgan fingerprint density at radius 2 is 2.15 bits per heavy atom. The van der Waals surface area contributed by atoms with Crippen LogP contribution in [0.15, 0.2) is 16.5 Å². The lowest BCUT2D eigenvalue weighted by Gasteiger charge is -1.91. The fraction of sp³-hybridized carbons (Fsp3) is 0. The fourth-order valence-corrected chi connectivity index (χ4v) is 1.29. The molecule has 0 saturated carbocycles. The third-order valence-corrected chi connectivity index (χ3v) is 2.23. The molecule has 2 rings (SSSR count). The largest absolute Gasteiger partial charge is 0.435 e. The van der Waals surface area contributed by atoms with Crippen molar-refractivity contribution in [2.45, 2.75) is 0 Å².